The van der Waals surface area contributed by atoms with E-state index in [1.54, 1.807) is 48.3 Å². The molecule has 2 fully saturated rings. The number of ether oxygens (including phenoxy) is 2. The molecular formula is C58H65N9O9. The van der Waals surface area contributed by atoms with Gasteiger partial charge in [-0.2, -0.15) is 5.26 Å². The number of nitrogens with one attached hydrogen (secondary N) is 4. The van der Waals surface area contributed by atoms with Crippen molar-refractivity contribution in [2.75, 3.05) is 30.0 Å². The van der Waals surface area contributed by atoms with E-state index in [9.17, 15) is 38.8 Å². The van der Waals surface area contributed by atoms with Crippen LogP contribution in [0.4, 0.5) is 16.3 Å². The Morgan fingerprint density at radius 2 is 1.59 bits per heavy atom. The zero-order valence-corrected chi connectivity index (χ0v) is 43.6. The number of hydrogen-bond donors (Lipinski definition) is 4. The molecule has 76 heavy (non-hydrogen) atoms. The van der Waals surface area contributed by atoms with Gasteiger partial charge in [0.05, 0.1) is 22.3 Å². The van der Waals surface area contributed by atoms with Crippen LogP contribution in [0.25, 0.3) is 11.1 Å². The summed E-state index contributed by atoms with van der Waals surface area (Å²) in [6, 6.07) is 28.3. The van der Waals surface area contributed by atoms with E-state index in [1.807, 2.05) is 59.5 Å². The van der Waals surface area contributed by atoms with E-state index in [4.69, 9.17) is 9.47 Å². The first-order valence-corrected chi connectivity index (χ1v) is 25.9. The minimum absolute atomic E-state index is 0.00284. The van der Waals surface area contributed by atoms with E-state index in [-0.39, 0.29) is 58.8 Å². The van der Waals surface area contributed by atoms with Gasteiger partial charge in [0.15, 0.2) is 6.61 Å². The Hall–Kier alpha value is -8.17. The predicted octanol–water partition coefficient (Wildman–Crippen LogP) is 7.50. The zero-order chi connectivity index (χ0) is 54.1. The maximum Gasteiger partial charge on any atom is 0.322 e. The Morgan fingerprint density at radius 1 is 0.855 bits per heavy atom. The molecule has 0 radical (unpaired) electrons. The quantitative estimate of drug-likeness (QED) is 0.0555. The van der Waals surface area contributed by atoms with Crippen LogP contribution in [-0.2, 0) is 38.3 Å². The van der Waals surface area contributed by atoms with E-state index < -0.39 is 47.8 Å². The third kappa shape index (κ3) is 12.7. The molecule has 1 aliphatic carbocycles. The van der Waals surface area contributed by atoms with Gasteiger partial charge in [-0.05, 0) is 128 Å². The Kier molecular flexibility index (Phi) is 16.8. The van der Waals surface area contributed by atoms with Gasteiger partial charge < -0.3 is 30.0 Å². The number of hydrogen-bond acceptors (Lipinski definition) is 12. The van der Waals surface area contributed by atoms with Crippen LogP contribution in [0.2, 0.25) is 0 Å². The first-order valence-electron chi connectivity index (χ1n) is 25.9. The molecule has 4 heterocycles. The van der Waals surface area contributed by atoms with Crippen molar-refractivity contribution in [3.05, 3.63) is 142 Å². The second-order valence-electron chi connectivity index (χ2n) is 20.7. The summed E-state index contributed by atoms with van der Waals surface area (Å²) in [6.07, 6.45) is 8.66. The van der Waals surface area contributed by atoms with Gasteiger partial charge in [0.25, 0.3) is 17.7 Å². The lowest BCUT2D eigenvalue weighted by Crippen LogP contribution is -2.54. The highest BCUT2D eigenvalue weighted by molar-refractivity contribution is 6.24. The Bertz CT molecular complexity index is 3070. The van der Waals surface area contributed by atoms with E-state index in [0.29, 0.717) is 43.9 Å². The lowest BCUT2D eigenvalue weighted by molar-refractivity contribution is -0.136. The number of nitriles is 1. The number of aryl methyl sites for hydroxylation is 1. The highest BCUT2D eigenvalue weighted by atomic mass is 16.5. The zero-order valence-electron chi connectivity index (χ0n) is 43.6. The summed E-state index contributed by atoms with van der Waals surface area (Å²) >= 11 is 0. The van der Waals surface area contributed by atoms with Crippen LogP contribution in [0.5, 0.6) is 5.75 Å². The summed E-state index contributed by atoms with van der Waals surface area (Å²) in [5.41, 5.74) is 4.23. The molecule has 2 atom stereocenters. The molecule has 3 aromatic carbocycles. The van der Waals surface area contributed by atoms with Crippen LogP contribution < -0.4 is 36.5 Å². The summed E-state index contributed by atoms with van der Waals surface area (Å²) in [5, 5.41) is 20.9. The second-order valence-corrected chi connectivity index (χ2v) is 20.7. The molecule has 5 aromatic rings. The Morgan fingerprint density at radius 3 is 2.26 bits per heavy atom. The fourth-order valence-electron chi connectivity index (χ4n) is 9.95. The number of urea groups is 1. The summed E-state index contributed by atoms with van der Waals surface area (Å²) in [7, 11) is 1.72. The summed E-state index contributed by atoms with van der Waals surface area (Å²) < 4.78 is 13.9. The van der Waals surface area contributed by atoms with Crippen LogP contribution in [0.15, 0.2) is 108 Å². The topological polar surface area (TPSA) is 234 Å². The third-order valence-corrected chi connectivity index (χ3v) is 14.9. The van der Waals surface area contributed by atoms with Gasteiger partial charge in [0, 0.05) is 69.4 Å². The standard InChI is InChI=1S/C58H65N9O9/c1-6-58(4,76-31-29-57(2,3)28-30-60-50(69)36-75-47-9-7-8-45-52(47)55(73)67(54(45)72)46-24-26-49(68)64-53(46)71)41-16-10-37(11-17-41)33-62-56(74)66(43-20-13-39(14-21-43)40-15-27-51(70)65(5)35-40)44-22-18-42(19-23-44)63-48-25-12-38(32-59)34-61-48/h7-17,20-21,25,27,34-35,42,44,46H,6,18-19,22-24,26,28-31,33,36H2,1-5H3,(H,60,69)(H,61,63)(H,62,74)(H,64,68,71). The van der Waals surface area contributed by atoms with Crippen LogP contribution in [0.3, 0.4) is 0 Å². The number of fused-ring (bicyclic) bond motifs is 1. The molecule has 4 N–H and O–H groups in total. The average molecular weight is 1030 g/mol. The molecule has 2 unspecified atom stereocenters. The number of aromatic nitrogens is 2. The van der Waals surface area contributed by atoms with Crippen LogP contribution in [-0.4, -0.2) is 87.9 Å². The first-order chi connectivity index (χ1) is 36.4. The minimum Gasteiger partial charge on any atom is -0.483 e. The van der Waals surface area contributed by atoms with E-state index >= 15 is 0 Å². The molecule has 396 valence electrons. The number of anilines is 2. The van der Waals surface area contributed by atoms with Crippen LogP contribution in [0.1, 0.15) is 123 Å². The van der Waals surface area contributed by atoms with Gasteiger partial charge in [-0.1, -0.05) is 63.2 Å². The molecule has 0 bridgehead atoms. The van der Waals surface area contributed by atoms with Crippen molar-refractivity contribution in [3.8, 4) is 22.9 Å². The monoisotopic (exact) mass is 1030 g/mol. The maximum atomic E-state index is 14.3. The van der Waals surface area contributed by atoms with Crippen molar-refractivity contribution in [3.63, 3.8) is 0 Å². The highest BCUT2D eigenvalue weighted by Gasteiger charge is 2.46. The predicted molar refractivity (Wildman–Crippen MR) is 285 cm³/mol. The Balaban J connectivity index is 0.814. The van der Waals surface area contributed by atoms with Crippen molar-refractivity contribution in [2.45, 2.75) is 116 Å². The number of carbonyl (C=O) groups excluding carboxylic acids is 6. The number of amides is 7. The van der Waals surface area contributed by atoms with Crippen molar-refractivity contribution in [2.24, 2.45) is 12.5 Å². The van der Waals surface area contributed by atoms with Gasteiger partial charge in [-0.25, -0.2) is 9.78 Å². The number of benzene rings is 3. The SMILES string of the molecule is CCC(C)(OCCC(C)(C)CCNC(=O)COc1cccc2c1C(=O)N(C1CCC(=O)NC1=O)C2=O)c1ccc(CNC(=O)N(c2ccc(-c3ccc(=O)n(C)c3)cc2)C2CCC(Nc3ccc(C#N)cn3)CC2)cc1. The maximum absolute atomic E-state index is 14.3. The molecule has 2 aliphatic heterocycles. The van der Waals surface area contributed by atoms with Crippen molar-refractivity contribution >= 4 is 47.1 Å². The smallest absolute Gasteiger partial charge is 0.322 e. The molecule has 0 spiro atoms. The average Bonchev–Trinajstić information content (AvgIpc) is 3.77. The largest absolute Gasteiger partial charge is 0.483 e. The van der Waals surface area contributed by atoms with Crippen molar-refractivity contribution < 1.29 is 38.2 Å². The number of rotatable bonds is 20. The van der Waals surface area contributed by atoms with E-state index in [0.717, 1.165) is 64.9 Å². The second kappa shape index (κ2) is 23.6. The molecule has 18 heteroatoms. The molecular weight excluding hydrogens is 967 g/mol. The normalized spacial score (nSPS) is 18.2. The fraction of sp³-hybridized carbons (Fsp3) is 0.397. The van der Waals surface area contributed by atoms with Crippen LogP contribution >= 0.6 is 0 Å². The molecule has 7 amide bonds. The number of carbonyl (C=O) groups is 6. The van der Waals surface area contributed by atoms with Gasteiger partial charge in [-0.3, -0.25) is 43.9 Å². The van der Waals surface area contributed by atoms with Gasteiger partial charge in [0.2, 0.25) is 17.4 Å². The number of nitrogens with zero attached hydrogens (tertiary/aromatic N) is 5. The summed E-state index contributed by atoms with van der Waals surface area (Å²) in [4.78, 5) is 97.1. The van der Waals surface area contributed by atoms with E-state index in [2.05, 4.69) is 60.0 Å². The van der Waals surface area contributed by atoms with E-state index in [1.165, 1.54) is 12.1 Å². The fourth-order valence-corrected chi connectivity index (χ4v) is 9.95. The molecule has 8 rings (SSSR count). The van der Waals surface area contributed by atoms with Gasteiger partial charge in [0.1, 0.15) is 23.7 Å². The Labute approximate surface area is 442 Å². The van der Waals surface area contributed by atoms with Gasteiger partial charge in [-0.15, -0.1) is 0 Å². The lowest BCUT2D eigenvalue weighted by atomic mass is 9.85. The molecule has 2 aromatic heterocycles. The molecule has 1 saturated heterocycles. The first kappa shape index (κ1) is 54.1. The van der Waals surface area contributed by atoms with Crippen molar-refractivity contribution in [1.82, 2.24) is 30.4 Å². The van der Waals surface area contributed by atoms with Crippen LogP contribution in [0, 0.1) is 16.7 Å². The molecule has 18 nitrogen and oxygen atoms in total. The highest BCUT2D eigenvalue weighted by Crippen LogP contribution is 2.36. The molecule has 1 saturated carbocycles. The molecule has 3 aliphatic rings. The minimum atomic E-state index is -1.11. The van der Waals surface area contributed by atoms with Crippen molar-refractivity contribution in [1.29, 1.82) is 5.26 Å². The number of pyridine rings is 2. The number of piperidine rings is 1. The summed E-state index contributed by atoms with van der Waals surface area (Å²) in [5.74, 6) is -2.18. The van der Waals surface area contributed by atoms with Gasteiger partial charge >= 0.3 is 6.03 Å². The summed E-state index contributed by atoms with van der Waals surface area (Å²) in [6.45, 7) is 9.14. The third-order valence-electron chi connectivity index (χ3n) is 14.9. The lowest BCUT2D eigenvalue weighted by Gasteiger charge is -2.37. The number of imide groups is 2.